The number of benzene rings is 1. The standard InChI is InChI=1S/C17H11ClN4S2/c18-11-2-1-3-14-16(11)22-15(24-14)7-5-10-4-6-13(23-10)12-8-9-20-17(19)21-12/h1-9H,(H2,19,20,21). The van der Waals surface area contributed by atoms with Gasteiger partial charge in [0.05, 0.1) is 20.3 Å². The number of nitrogen functional groups attached to an aromatic ring is 1. The van der Waals surface area contributed by atoms with Crippen molar-refractivity contribution in [2.45, 2.75) is 0 Å². The fourth-order valence-corrected chi connectivity index (χ4v) is 4.30. The molecule has 0 amide bonds. The van der Waals surface area contributed by atoms with Crippen LogP contribution in [-0.4, -0.2) is 15.0 Å². The highest BCUT2D eigenvalue weighted by Crippen LogP contribution is 2.31. The van der Waals surface area contributed by atoms with Gasteiger partial charge in [0.25, 0.3) is 0 Å². The van der Waals surface area contributed by atoms with E-state index in [1.54, 1.807) is 28.9 Å². The molecule has 0 radical (unpaired) electrons. The summed E-state index contributed by atoms with van der Waals surface area (Å²) in [7, 11) is 0. The number of para-hydroxylation sites is 1. The molecule has 0 atom stereocenters. The predicted molar refractivity (Wildman–Crippen MR) is 103 cm³/mol. The van der Waals surface area contributed by atoms with Gasteiger partial charge < -0.3 is 5.73 Å². The molecule has 2 N–H and O–H groups in total. The van der Waals surface area contributed by atoms with Crippen molar-refractivity contribution in [3.05, 3.63) is 57.5 Å². The summed E-state index contributed by atoms with van der Waals surface area (Å²) in [4.78, 5) is 14.9. The Morgan fingerprint density at radius 3 is 2.75 bits per heavy atom. The molecule has 0 bridgehead atoms. The lowest BCUT2D eigenvalue weighted by Crippen LogP contribution is -1.93. The summed E-state index contributed by atoms with van der Waals surface area (Å²) < 4.78 is 1.09. The third-order valence-corrected chi connectivity index (χ3v) is 5.69. The van der Waals surface area contributed by atoms with Crippen molar-refractivity contribution < 1.29 is 0 Å². The Balaban J connectivity index is 1.61. The van der Waals surface area contributed by atoms with E-state index in [2.05, 4.69) is 21.0 Å². The second kappa shape index (κ2) is 6.32. The molecule has 0 saturated carbocycles. The molecule has 0 aliphatic heterocycles. The predicted octanol–water partition coefficient (Wildman–Crippen LogP) is 5.22. The van der Waals surface area contributed by atoms with Crippen LogP contribution in [-0.2, 0) is 0 Å². The maximum absolute atomic E-state index is 6.17. The molecule has 4 nitrogen and oxygen atoms in total. The molecule has 0 spiro atoms. The monoisotopic (exact) mass is 370 g/mol. The van der Waals surface area contributed by atoms with Crippen molar-refractivity contribution >= 4 is 62.6 Å². The number of hydrogen-bond donors (Lipinski definition) is 1. The van der Waals surface area contributed by atoms with Gasteiger partial charge >= 0.3 is 0 Å². The molecule has 0 saturated heterocycles. The topological polar surface area (TPSA) is 64.7 Å². The molecule has 0 fully saturated rings. The highest BCUT2D eigenvalue weighted by atomic mass is 35.5. The minimum atomic E-state index is 0.282. The fourth-order valence-electron chi connectivity index (χ4n) is 2.25. The Labute approximate surface area is 151 Å². The highest BCUT2D eigenvalue weighted by molar-refractivity contribution is 7.19. The Bertz CT molecular complexity index is 1050. The fraction of sp³-hybridized carbons (Fsp3) is 0. The summed E-state index contributed by atoms with van der Waals surface area (Å²) >= 11 is 9.43. The summed E-state index contributed by atoms with van der Waals surface area (Å²) in [5.74, 6) is 0.282. The van der Waals surface area contributed by atoms with Gasteiger partial charge in [-0.3, -0.25) is 0 Å². The van der Waals surface area contributed by atoms with Crippen LogP contribution in [0.25, 0.3) is 32.9 Å². The molecule has 3 heterocycles. The molecular weight excluding hydrogens is 360 g/mol. The lowest BCUT2D eigenvalue weighted by molar-refractivity contribution is 1.19. The summed E-state index contributed by atoms with van der Waals surface area (Å²) in [5, 5.41) is 1.61. The Hall–Kier alpha value is -2.28. The molecule has 24 heavy (non-hydrogen) atoms. The van der Waals surface area contributed by atoms with Gasteiger partial charge in [-0.15, -0.1) is 22.7 Å². The van der Waals surface area contributed by atoms with Crippen LogP contribution in [0.1, 0.15) is 9.88 Å². The van der Waals surface area contributed by atoms with Gasteiger partial charge in [0, 0.05) is 11.1 Å². The molecule has 1 aromatic carbocycles. The average Bonchev–Trinajstić information content (AvgIpc) is 3.20. The van der Waals surface area contributed by atoms with E-state index in [9.17, 15) is 0 Å². The van der Waals surface area contributed by atoms with Gasteiger partial charge in [-0.25, -0.2) is 15.0 Å². The number of thiophene rings is 1. The van der Waals surface area contributed by atoms with E-state index in [1.807, 2.05) is 42.5 Å². The van der Waals surface area contributed by atoms with Gasteiger partial charge in [-0.2, -0.15) is 0 Å². The van der Waals surface area contributed by atoms with Gasteiger partial charge in [-0.1, -0.05) is 17.7 Å². The first kappa shape index (κ1) is 15.3. The zero-order valence-corrected chi connectivity index (χ0v) is 14.7. The number of thiazole rings is 1. The molecule has 0 aliphatic rings. The molecule has 3 aromatic heterocycles. The van der Waals surface area contributed by atoms with Crippen molar-refractivity contribution in [2.24, 2.45) is 0 Å². The largest absolute Gasteiger partial charge is 0.368 e. The van der Waals surface area contributed by atoms with Crippen LogP contribution >= 0.6 is 34.3 Å². The van der Waals surface area contributed by atoms with E-state index >= 15 is 0 Å². The van der Waals surface area contributed by atoms with Crippen molar-refractivity contribution in [1.82, 2.24) is 15.0 Å². The van der Waals surface area contributed by atoms with Crippen molar-refractivity contribution in [3.8, 4) is 10.6 Å². The van der Waals surface area contributed by atoms with Gasteiger partial charge in [0.15, 0.2) is 0 Å². The highest BCUT2D eigenvalue weighted by Gasteiger charge is 2.06. The lowest BCUT2D eigenvalue weighted by Gasteiger charge is -1.96. The number of rotatable bonds is 3. The third kappa shape index (κ3) is 3.03. The van der Waals surface area contributed by atoms with E-state index in [0.717, 1.165) is 30.7 Å². The van der Waals surface area contributed by atoms with E-state index < -0.39 is 0 Å². The smallest absolute Gasteiger partial charge is 0.220 e. The van der Waals surface area contributed by atoms with Crippen LogP contribution in [0.2, 0.25) is 5.02 Å². The Kier molecular flexibility index (Phi) is 4.02. The minimum Gasteiger partial charge on any atom is -0.368 e. The van der Waals surface area contributed by atoms with E-state index in [0.29, 0.717) is 5.02 Å². The lowest BCUT2D eigenvalue weighted by atomic mass is 10.3. The summed E-state index contributed by atoms with van der Waals surface area (Å²) in [6.07, 6.45) is 5.72. The number of nitrogens with two attached hydrogens (primary N) is 1. The number of halogens is 1. The summed E-state index contributed by atoms with van der Waals surface area (Å²) in [6, 6.07) is 11.8. The second-order valence-corrected chi connectivity index (χ2v) is 7.56. The number of aromatic nitrogens is 3. The Morgan fingerprint density at radius 2 is 1.92 bits per heavy atom. The molecule has 7 heteroatoms. The maximum Gasteiger partial charge on any atom is 0.220 e. The molecular formula is C17H11ClN4S2. The molecule has 0 aliphatic carbocycles. The van der Waals surface area contributed by atoms with Crippen LogP contribution < -0.4 is 5.73 Å². The van der Waals surface area contributed by atoms with Crippen molar-refractivity contribution in [2.75, 3.05) is 5.73 Å². The quantitative estimate of drug-likeness (QED) is 0.536. The number of fused-ring (bicyclic) bond motifs is 1. The number of hydrogen-bond acceptors (Lipinski definition) is 6. The van der Waals surface area contributed by atoms with Gasteiger partial charge in [-0.05, 0) is 42.5 Å². The normalized spacial score (nSPS) is 11.5. The number of nitrogens with zero attached hydrogens (tertiary/aromatic N) is 3. The van der Waals surface area contributed by atoms with Crippen LogP contribution in [0.4, 0.5) is 5.95 Å². The van der Waals surface area contributed by atoms with E-state index in [1.165, 1.54) is 0 Å². The van der Waals surface area contributed by atoms with Crippen LogP contribution in [0, 0.1) is 0 Å². The first-order valence-corrected chi connectivity index (χ1v) is 9.12. The zero-order chi connectivity index (χ0) is 16.5. The summed E-state index contributed by atoms with van der Waals surface area (Å²) in [5.41, 5.74) is 7.32. The molecule has 4 aromatic rings. The van der Waals surface area contributed by atoms with Crippen molar-refractivity contribution in [3.63, 3.8) is 0 Å². The van der Waals surface area contributed by atoms with Crippen LogP contribution in [0.5, 0.6) is 0 Å². The number of anilines is 1. The van der Waals surface area contributed by atoms with Gasteiger partial charge in [0.2, 0.25) is 5.95 Å². The SMILES string of the molecule is Nc1nccc(-c2ccc(C=Cc3nc4c(Cl)cccc4s3)s2)n1. The van der Waals surface area contributed by atoms with E-state index in [4.69, 9.17) is 17.3 Å². The van der Waals surface area contributed by atoms with Gasteiger partial charge in [0.1, 0.15) is 10.5 Å². The third-order valence-electron chi connectivity index (χ3n) is 3.33. The zero-order valence-electron chi connectivity index (χ0n) is 12.3. The summed E-state index contributed by atoms with van der Waals surface area (Å²) in [6.45, 7) is 0. The maximum atomic E-state index is 6.17. The average molecular weight is 371 g/mol. The second-order valence-electron chi connectivity index (χ2n) is 4.97. The molecule has 4 rings (SSSR count). The van der Waals surface area contributed by atoms with Crippen LogP contribution in [0.3, 0.4) is 0 Å². The first-order valence-electron chi connectivity index (χ1n) is 7.11. The molecule has 0 unspecified atom stereocenters. The Morgan fingerprint density at radius 1 is 1.00 bits per heavy atom. The minimum absolute atomic E-state index is 0.282. The van der Waals surface area contributed by atoms with Crippen LogP contribution in [0.15, 0.2) is 42.6 Å². The van der Waals surface area contributed by atoms with Crippen molar-refractivity contribution in [1.29, 1.82) is 0 Å². The first-order chi connectivity index (χ1) is 11.7. The van der Waals surface area contributed by atoms with E-state index in [-0.39, 0.29) is 5.95 Å². The molecule has 118 valence electrons.